The van der Waals surface area contributed by atoms with E-state index in [1.807, 2.05) is 0 Å². The summed E-state index contributed by atoms with van der Waals surface area (Å²) in [4.78, 5) is 15.3. The Morgan fingerprint density at radius 2 is 2.38 bits per heavy atom. The smallest absolute Gasteiger partial charge is 0.225 e. The first-order valence-corrected chi connectivity index (χ1v) is 5.13. The topological polar surface area (TPSA) is 62.2 Å². The van der Waals surface area contributed by atoms with Crippen LogP contribution in [0.2, 0.25) is 0 Å². The van der Waals surface area contributed by atoms with Crippen LogP contribution in [0.15, 0.2) is 18.2 Å². The standard InChI is InChI=1S/C12H14N2O2/c1-2-12(16)14-11-8-5-7-10(13-11)6-3-4-9-15/h5,7-8,15H,2,4,9H2,1H3,(H,13,14,16). The van der Waals surface area contributed by atoms with Crippen molar-refractivity contribution in [2.45, 2.75) is 19.8 Å². The molecule has 1 aromatic heterocycles. The number of hydrogen-bond donors (Lipinski definition) is 2. The summed E-state index contributed by atoms with van der Waals surface area (Å²) in [6.07, 6.45) is 0.843. The third kappa shape index (κ3) is 4.11. The molecule has 1 heterocycles. The Kier molecular flexibility index (Phi) is 5.03. The molecule has 0 aliphatic heterocycles. The molecule has 0 saturated heterocycles. The maximum absolute atomic E-state index is 11.1. The van der Waals surface area contributed by atoms with Crippen LogP contribution in [-0.2, 0) is 4.79 Å². The van der Waals surface area contributed by atoms with E-state index in [9.17, 15) is 4.79 Å². The fraction of sp³-hybridized carbons (Fsp3) is 0.333. The van der Waals surface area contributed by atoms with Gasteiger partial charge in [0.15, 0.2) is 0 Å². The van der Waals surface area contributed by atoms with Gasteiger partial charge in [0.1, 0.15) is 11.5 Å². The van der Waals surface area contributed by atoms with Crippen LogP contribution in [0, 0.1) is 11.8 Å². The molecule has 2 N–H and O–H groups in total. The van der Waals surface area contributed by atoms with E-state index in [2.05, 4.69) is 22.1 Å². The molecule has 0 radical (unpaired) electrons. The van der Waals surface area contributed by atoms with E-state index < -0.39 is 0 Å². The molecule has 0 aromatic carbocycles. The average molecular weight is 218 g/mol. The molecular weight excluding hydrogens is 204 g/mol. The van der Waals surface area contributed by atoms with Gasteiger partial charge < -0.3 is 10.4 Å². The van der Waals surface area contributed by atoms with Gasteiger partial charge in [-0.15, -0.1) is 0 Å². The van der Waals surface area contributed by atoms with Crippen LogP contribution in [0.3, 0.4) is 0 Å². The van der Waals surface area contributed by atoms with Crippen molar-refractivity contribution in [3.63, 3.8) is 0 Å². The highest BCUT2D eigenvalue weighted by molar-refractivity contribution is 5.89. The van der Waals surface area contributed by atoms with Gasteiger partial charge >= 0.3 is 0 Å². The van der Waals surface area contributed by atoms with Crippen molar-refractivity contribution in [3.05, 3.63) is 23.9 Å². The van der Waals surface area contributed by atoms with Crippen molar-refractivity contribution in [1.82, 2.24) is 4.98 Å². The van der Waals surface area contributed by atoms with Crippen molar-refractivity contribution >= 4 is 11.7 Å². The van der Waals surface area contributed by atoms with Gasteiger partial charge in [-0.3, -0.25) is 4.79 Å². The minimum Gasteiger partial charge on any atom is -0.395 e. The van der Waals surface area contributed by atoms with Gasteiger partial charge in [-0.05, 0) is 18.1 Å². The van der Waals surface area contributed by atoms with E-state index in [0.717, 1.165) is 0 Å². The fourth-order valence-corrected chi connectivity index (χ4v) is 1.01. The Balaban J connectivity index is 2.72. The molecular formula is C12H14N2O2. The molecule has 16 heavy (non-hydrogen) atoms. The number of nitrogens with zero attached hydrogens (tertiary/aromatic N) is 1. The summed E-state index contributed by atoms with van der Waals surface area (Å²) in [6, 6.07) is 5.25. The van der Waals surface area contributed by atoms with Crippen molar-refractivity contribution in [3.8, 4) is 11.8 Å². The lowest BCUT2D eigenvalue weighted by molar-refractivity contribution is -0.115. The predicted octanol–water partition coefficient (Wildman–Crippen LogP) is 1.16. The lowest BCUT2D eigenvalue weighted by atomic mass is 10.3. The second kappa shape index (κ2) is 6.59. The maximum atomic E-state index is 11.1. The molecule has 1 aromatic rings. The monoisotopic (exact) mass is 218 g/mol. The van der Waals surface area contributed by atoms with E-state index in [-0.39, 0.29) is 12.5 Å². The third-order valence-corrected chi connectivity index (χ3v) is 1.79. The van der Waals surface area contributed by atoms with Crippen molar-refractivity contribution in [1.29, 1.82) is 0 Å². The number of pyridine rings is 1. The van der Waals surface area contributed by atoms with Crippen LogP contribution >= 0.6 is 0 Å². The Morgan fingerprint density at radius 3 is 3.06 bits per heavy atom. The normalized spacial score (nSPS) is 9.12. The Morgan fingerprint density at radius 1 is 1.56 bits per heavy atom. The van der Waals surface area contributed by atoms with E-state index in [1.165, 1.54) is 0 Å². The van der Waals surface area contributed by atoms with Crippen LogP contribution in [0.4, 0.5) is 5.82 Å². The Bertz CT molecular complexity index is 419. The molecule has 84 valence electrons. The number of nitrogens with one attached hydrogen (secondary N) is 1. The minimum atomic E-state index is -0.0760. The van der Waals surface area contributed by atoms with Crippen LogP contribution in [0.25, 0.3) is 0 Å². The zero-order valence-electron chi connectivity index (χ0n) is 9.16. The number of carbonyl (C=O) groups excluding carboxylic acids is 1. The molecule has 0 aliphatic rings. The first kappa shape index (κ1) is 12.2. The summed E-state index contributed by atoms with van der Waals surface area (Å²) >= 11 is 0. The molecule has 0 atom stereocenters. The molecule has 0 spiro atoms. The molecule has 0 saturated carbocycles. The van der Waals surface area contributed by atoms with Crippen LogP contribution in [-0.4, -0.2) is 22.6 Å². The summed E-state index contributed by atoms with van der Waals surface area (Å²) in [6.45, 7) is 1.82. The highest BCUT2D eigenvalue weighted by Gasteiger charge is 1.99. The first-order valence-electron chi connectivity index (χ1n) is 5.13. The third-order valence-electron chi connectivity index (χ3n) is 1.79. The van der Waals surface area contributed by atoms with E-state index in [1.54, 1.807) is 25.1 Å². The molecule has 1 rings (SSSR count). The Labute approximate surface area is 94.7 Å². The first-order chi connectivity index (χ1) is 7.76. The molecule has 0 unspecified atom stereocenters. The van der Waals surface area contributed by atoms with E-state index in [4.69, 9.17) is 5.11 Å². The van der Waals surface area contributed by atoms with Gasteiger partial charge in [-0.1, -0.05) is 18.9 Å². The van der Waals surface area contributed by atoms with Crippen LogP contribution in [0.5, 0.6) is 0 Å². The number of carbonyl (C=O) groups is 1. The van der Waals surface area contributed by atoms with Crippen molar-refractivity contribution in [2.75, 3.05) is 11.9 Å². The fourth-order valence-electron chi connectivity index (χ4n) is 1.01. The van der Waals surface area contributed by atoms with E-state index >= 15 is 0 Å². The predicted molar refractivity (Wildman–Crippen MR) is 61.7 cm³/mol. The number of rotatable bonds is 3. The minimum absolute atomic E-state index is 0.0409. The lowest BCUT2D eigenvalue weighted by Crippen LogP contribution is -2.10. The van der Waals surface area contributed by atoms with E-state index in [0.29, 0.717) is 24.4 Å². The number of anilines is 1. The lowest BCUT2D eigenvalue weighted by Gasteiger charge is -2.01. The SMILES string of the molecule is CCC(=O)Nc1cccc(C#CCCO)n1. The second-order valence-electron chi connectivity index (χ2n) is 3.09. The molecule has 0 bridgehead atoms. The van der Waals surface area contributed by atoms with Gasteiger partial charge in [0.2, 0.25) is 5.91 Å². The number of aliphatic hydroxyl groups is 1. The van der Waals surface area contributed by atoms with Gasteiger partial charge in [0.25, 0.3) is 0 Å². The number of aromatic nitrogens is 1. The van der Waals surface area contributed by atoms with Gasteiger partial charge in [-0.2, -0.15) is 0 Å². The second-order valence-corrected chi connectivity index (χ2v) is 3.09. The zero-order chi connectivity index (χ0) is 11.8. The van der Waals surface area contributed by atoms with Crippen molar-refractivity contribution < 1.29 is 9.90 Å². The summed E-state index contributed by atoms with van der Waals surface area (Å²) in [5.74, 6) is 6.00. The summed E-state index contributed by atoms with van der Waals surface area (Å²) in [5.41, 5.74) is 0.586. The largest absolute Gasteiger partial charge is 0.395 e. The molecule has 4 nitrogen and oxygen atoms in total. The van der Waals surface area contributed by atoms with Crippen molar-refractivity contribution in [2.24, 2.45) is 0 Å². The highest BCUT2D eigenvalue weighted by Crippen LogP contribution is 2.04. The summed E-state index contributed by atoms with van der Waals surface area (Å²) < 4.78 is 0. The summed E-state index contributed by atoms with van der Waals surface area (Å²) in [5, 5.41) is 11.2. The quantitative estimate of drug-likeness (QED) is 0.748. The Hall–Kier alpha value is -1.86. The average Bonchev–Trinajstić information content (AvgIpc) is 2.30. The van der Waals surface area contributed by atoms with Crippen LogP contribution in [0.1, 0.15) is 25.5 Å². The van der Waals surface area contributed by atoms with Crippen LogP contribution < -0.4 is 5.32 Å². The maximum Gasteiger partial charge on any atom is 0.225 e. The van der Waals surface area contributed by atoms with Gasteiger partial charge in [0.05, 0.1) is 6.61 Å². The number of amides is 1. The highest BCUT2D eigenvalue weighted by atomic mass is 16.2. The zero-order valence-corrected chi connectivity index (χ0v) is 9.16. The molecule has 4 heteroatoms. The summed E-state index contributed by atoms with van der Waals surface area (Å²) in [7, 11) is 0. The van der Waals surface area contributed by atoms with Gasteiger partial charge in [-0.25, -0.2) is 4.98 Å². The van der Waals surface area contributed by atoms with Gasteiger partial charge in [0, 0.05) is 12.8 Å². The molecule has 0 fully saturated rings. The number of aliphatic hydroxyl groups excluding tert-OH is 1. The number of hydrogen-bond acceptors (Lipinski definition) is 3. The molecule has 0 aliphatic carbocycles. The molecule has 1 amide bonds.